The number of aromatic nitrogens is 4. The molecule has 0 saturated heterocycles. The van der Waals surface area contributed by atoms with Crippen LogP contribution < -0.4 is 33.7 Å². The number of amides is 1. The molecule has 0 atom stereocenters. The van der Waals surface area contributed by atoms with Crippen molar-refractivity contribution in [1.29, 1.82) is 0 Å². The zero-order valence-electron chi connectivity index (χ0n) is 46.1. The second-order valence-corrected chi connectivity index (χ2v) is 22.5. The Bertz CT molecular complexity index is 3180. The molecule has 0 spiro atoms. The fourth-order valence-electron chi connectivity index (χ4n) is 8.64. The van der Waals surface area contributed by atoms with Crippen LogP contribution in [0.2, 0.25) is 40.2 Å². The van der Waals surface area contributed by atoms with Crippen molar-refractivity contribution in [3.8, 4) is 0 Å². The summed E-state index contributed by atoms with van der Waals surface area (Å²) >= 11 is 47.9. The van der Waals surface area contributed by atoms with Crippen molar-refractivity contribution in [1.82, 2.24) is 24.6 Å². The Morgan fingerprint density at radius 2 is 0.963 bits per heavy atom. The van der Waals surface area contributed by atoms with E-state index in [1.807, 2.05) is 42.5 Å². The molecule has 8 aromatic rings. The van der Waals surface area contributed by atoms with Crippen LogP contribution in [0.15, 0.2) is 97.1 Å². The number of nitrogens with one attached hydrogen (secondary N) is 2. The molecule has 0 unspecified atom stereocenters. The van der Waals surface area contributed by atoms with Gasteiger partial charge in [0, 0.05) is 38.0 Å². The molecule has 440 valence electrons. The molecule has 0 fully saturated rings. The van der Waals surface area contributed by atoms with E-state index in [9.17, 15) is 9.59 Å². The van der Waals surface area contributed by atoms with Crippen LogP contribution in [0.5, 0.6) is 0 Å². The molecule has 0 radical (unpaired) electrons. The van der Waals surface area contributed by atoms with Gasteiger partial charge in [-0.15, -0.1) is 0 Å². The summed E-state index contributed by atoms with van der Waals surface area (Å²) in [4.78, 5) is 33.1. The molecule has 0 aliphatic carbocycles. The Hall–Kier alpha value is -5.36. The smallest absolute Gasteiger partial charge is 0.337 e. The monoisotopic (exact) mass is 1270 g/mol. The number of benzene rings is 6. The van der Waals surface area contributed by atoms with Gasteiger partial charge in [0.2, 0.25) is 0 Å². The third-order valence-corrected chi connectivity index (χ3v) is 15.9. The molecule has 11 N–H and O–H groups in total. The number of hydrogen-bond acceptors (Lipinski definition) is 11. The second kappa shape index (κ2) is 34.4. The quantitative estimate of drug-likeness (QED) is 0.0111. The zero-order valence-corrected chi connectivity index (χ0v) is 52.1. The van der Waals surface area contributed by atoms with Crippen LogP contribution in [-0.4, -0.2) is 56.4 Å². The Kier molecular flexibility index (Phi) is 28.3. The average molecular weight is 1280 g/mol. The van der Waals surface area contributed by atoms with E-state index in [-0.39, 0.29) is 5.97 Å². The summed E-state index contributed by atoms with van der Waals surface area (Å²) < 4.78 is 9.19. The minimum Gasteiger partial charge on any atom is -0.465 e. The predicted molar refractivity (Wildman–Crippen MR) is 344 cm³/mol. The number of fused-ring (bicyclic) bond motifs is 2. The number of esters is 1. The molecule has 1 amide bonds. The third kappa shape index (κ3) is 20.2. The van der Waals surface area contributed by atoms with E-state index < -0.39 is 5.91 Å². The van der Waals surface area contributed by atoms with Gasteiger partial charge in [-0.05, 0) is 116 Å². The standard InChI is InChI=1S/C22H24Cl2N2O2.C20H22Cl2N4O2.C12H18Cl2N2.C6H6Cl2N2/c1-3-4-5-6-10-26-20-14-18(24)17(23)13-19(20)25-21(26)12-15-8-7-9-16(11-15)22(27)28-2;21-15-11-17-18(12-16(15)22)26(8-3-1-2-7-23)19(24-17)10-13-5-4-6-14(9-13)20(27)25-28;1-2-3-4-5-6-16-12-8-10(14)9(13)7-11(12)15;7-3-1-5(9)6(10)2-4(3)8/h7-9,11,13-14H,3-6,10,12H2,1-2H3;4-6,9,11-12,28H,1-3,7-8,10,23H2,(H,25,27);7-8,16H,2-6,15H2,1H3;1-2H,9-10H2. The number of hydrogen-bond donors (Lipinski definition) is 7. The minimum absolute atomic E-state index is 0.339. The van der Waals surface area contributed by atoms with Crippen LogP contribution in [0, 0.1) is 0 Å². The molecule has 14 nitrogen and oxygen atoms in total. The molecule has 0 saturated carbocycles. The van der Waals surface area contributed by atoms with E-state index in [2.05, 4.69) is 28.3 Å². The SMILES string of the molecule is CCCCCCNc1cc(Cl)c(Cl)cc1N.CCCCCCn1c(Cc2cccc(C(=O)OC)c2)nc2cc(Cl)c(Cl)cc21.NCCCCCn1c(Cc2cccc(C(=O)NO)c2)nc2cc(Cl)c(Cl)cc21.Nc1cc(Cl)c(Cl)cc1N. The first kappa shape index (κ1) is 67.4. The first-order valence-corrected chi connectivity index (χ1v) is 29.9. The van der Waals surface area contributed by atoms with Gasteiger partial charge in [-0.1, -0.05) is 176 Å². The maximum Gasteiger partial charge on any atom is 0.337 e. The zero-order chi connectivity index (χ0) is 59.9. The highest BCUT2D eigenvalue weighted by Gasteiger charge is 2.17. The predicted octanol–water partition coefficient (Wildman–Crippen LogP) is 17.2. The van der Waals surface area contributed by atoms with Gasteiger partial charge in [-0.25, -0.2) is 20.2 Å². The highest BCUT2D eigenvalue weighted by Crippen LogP contribution is 2.33. The third-order valence-electron chi connectivity index (χ3n) is 13.0. The lowest BCUT2D eigenvalue weighted by atomic mass is 10.1. The fourth-order valence-corrected chi connectivity index (χ4v) is 9.95. The number of nitrogen functional groups attached to an aromatic ring is 3. The number of methoxy groups -OCH3 is 1. The molecule has 0 bridgehead atoms. The molecule has 22 heteroatoms. The van der Waals surface area contributed by atoms with Gasteiger partial charge in [0.25, 0.3) is 5.91 Å². The van der Waals surface area contributed by atoms with E-state index in [4.69, 9.17) is 136 Å². The van der Waals surface area contributed by atoms with Crippen molar-refractivity contribution in [3.05, 3.63) is 171 Å². The average Bonchev–Trinajstić information content (AvgIpc) is 4.20. The second-order valence-electron chi connectivity index (χ2n) is 19.2. The Balaban J connectivity index is 0.000000214. The molecule has 0 aliphatic rings. The lowest BCUT2D eigenvalue weighted by Crippen LogP contribution is -2.18. The Morgan fingerprint density at radius 1 is 0.537 bits per heavy atom. The fraction of sp³-hybridized carbons (Fsp3) is 0.333. The van der Waals surface area contributed by atoms with Gasteiger partial charge in [0.1, 0.15) is 11.6 Å². The van der Waals surface area contributed by atoms with E-state index in [0.29, 0.717) is 87.8 Å². The van der Waals surface area contributed by atoms with Gasteiger partial charge in [-0.3, -0.25) is 10.0 Å². The molecule has 6 aromatic carbocycles. The summed E-state index contributed by atoms with van der Waals surface area (Å²) in [7, 11) is 1.39. The molecule has 82 heavy (non-hydrogen) atoms. The number of hydroxylamine groups is 1. The number of nitrogens with zero attached hydrogens (tertiary/aromatic N) is 4. The van der Waals surface area contributed by atoms with Crippen LogP contribution in [0.1, 0.15) is 128 Å². The number of carbonyl (C=O) groups excluding carboxylic acids is 2. The number of imidazole rings is 2. The van der Waals surface area contributed by atoms with Crippen LogP contribution in [0.4, 0.5) is 22.7 Å². The van der Waals surface area contributed by atoms with Gasteiger partial charge < -0.3 is 42.1 Å². The first-order chi connectivity index (χ1) is 39.3. The maximum absolute atomic E-state index is 11.8. The summed E-state index contributed by atoms with van der Waals surface area (Å²) in [5.41, 5.74) is 32.7. The van der Waals surface area contributed by atoms with Crippen molar-refractivity contribution < 1.29 is 19.5 Å². The lowest BCUT2D eigenvalue weighted by Gasteiger charge is -2.10. The summed E-state index contributed by atoms with van der Waals surface area (Å²) in [5.74, 6) is 0.915. The number of aryl methyl sites for hydroxylation is 2. The molecule has 2 heterocycles. The lowest BCUT2D eigenvalue weighted by molar-refractivity contribution is 0.0600. The number of unbranched alkanes of at least 4 members (excludes halogenated alkanes) is 8. The minimum atomic E-state index is -0.546. The van der Waals surface area contributed by atoms with Crippen LogP contribution in [-0.2, 0) is 30.7 Å². The number of rotatable bonds is 22. The van der Waals surface area contributed by atoms with Gasteiger partial charge >= 0.3 is 5.97 Å². The van der Waals surface area contributed by atoms with Crippen molar-refractivity contribution in [2.24, 2.45) is 5.73 Å². The van der Waals surface area contributed by atoms with Crippen molar-refractivity contribution in [2.75, 3.05) is 42.7 Å². The number of nitrogens with two attached hydrogens (primary N) is 4. The van der Waals surface area contributed by atoms with Crippen LogP contribution in [0.25, 0.3) is 22.1 Å². The van der Waals surface area contributed by atoms with Crippen molar-refractivity contribution in [2.45, 2.75) is 110 Å². The summed E-state index contributed by atoms with van der Waals surface area (Å²) in [6.45, 7) is 7.67. The number of halogens is 8. The molecule has 2 aromatic heterocycles. The Morgan fingerprint density at radius 3 is 1.44 bits per heavy atom. The van der Waals surface area contributed by atoms with Crippen LogP contribution >= 0.6 is 92.8 Å². The normalized spacial score (nSPS) is 10.8. The van der Waals surface area contributed by atoms with E-state index in [0.717, 1.165) is 102 Å². The van der Waals surface area contributed by atoms with Crippen molar-refractivity contribution in [3.63, 3.8) is 0 Å². The summed E-state index contributed by atoms with van der Waals surface area (Å²) in [6.07, 6.45) is 13.7. The number of anilines is 4. The molecular formula is C60H70Cl8N10O4. The topological polar surface area (TPSA) is 227 Å². The molecule has 0 aliphatic heterocycles. The largest absolute Gasteiger partial charge is 0.465 e. The van der Waals surface area contributed by atoms with Gasteiger partial charge in [0.15, 0.2) is 0 Å². The highest BCUT2D eigenvalue weighted by molar-refractivity contribution is 6.44. The van der Waals surface area contributed by atoms with Gasteiger partial charge in [0.05, 0.1) is 97.7 Å². The maximum atomic E-state index is 11.8. The summed E-state index contributed by atoms with van der Waals surface area (Å²) in [6, 6.07) is 28.4. The summed E-state index contributed by atoms with van der Waals surface area (Å²) in [5, 5.41) is 16.0. The van der Waals surface area contributed by atoms with E-state index >= 15 is 0 Å². The highest BCUT2D eigenvalue weighted by atomic mass is 35.5. The van der Waals surface area contributed by atoms with Crippen molar-refractivity contribution >= 4 is 150 Å². The molecular weight excluding hydrogens is 1210 g/mol. The van der Waals surface area contributed by atoms with Gasteiger partial charge in [-0.2, -0.15) is 0 Å². The van der Waals surface area contributed by atoms with Crippen LogP contribution in [0.3, 0.4) is 0 Å². The number of carbonyl (C=O) groups is 2. The van der Waals surface area contributed by atoms with E-state index in [1.165, 1.54) is 57.8 Å². The first-order valence-electron chi connectivity index (χ1n) is 26.9. The number of ether oxygens (including phenoxy) is 1. The van der Waals surface area contributed by atoms with E-state index in [1.54, 1.807) is 47.9 Å². The Labute approximate surface area is 519 Å². The molecule has 8 rings (SSSR count).